The van der Waals surface area contributed by atoms with Crippen LogP contribution in [0.15, 0.2) is 41.2 Å². The predicted octanol–water partition coefficient (Wildman–Crippen LogP) is 3.32. The van der Waals surface area contributed by atoms with E-state index >= 15 is 0 Å². The lowest BCUT2D eigenvalue weighted by atomic mass is 10.00. The molecule has 10 heteroatoms. The van der Waals surface area contributed by atoms with Crippen LogP contribution in [0.3, 0.4) is 0 Å². The van der Waals surface area contributed by atoms with E-state index in [1.54, 1.807) is 46.0 Å². The van der Waals surface area contributed by atoms with Crippen LogP contribution in [0, 0.1) is 13.8 Å². The van der Waals surface area contributed by atoms with Gasteiger partial charge in [-0.2, -0.15) is 13.5 Å². The number of rotatable bonds is 5. The largest absolute Gasteiger partial charge is 0.443 e. The van der Waals surface area contributed by atoms with Gasteiger partial charge in [-0.05, 0) is 75.6 Å². The zero-order valence-electron chi connectivity index (χ0n) is 19.5. The number of ether oxygens (including phenoxy) is 1. The van der Waals surface area contributed by atoms with Crippen molar-refractivity contribution in [3.8, 4) is 0 Å². The summed E-state index contributed by atoms with van der Waals surface area (Å²) in [6, 6.07) is 10.6. The molecule has 0 bridgehead atoms. The van der Waals surface area contributed by atoms with Crippen LogP contribution in [-0.2, 0) is 28.4 Å². The van der Waals surface area contributed by atoms with Crippen LogP contribution in [-0.4, -0.2) is 29.9 Å². The van der Waals surface area contributed by atoms with Crippen molar-refractivity contribution >= 4 is 32.8 Å². The van der Waals surface area contributed by atoms with E-state index in [0.717, 1.165) is 22.1 Å². The topological polar surface area (TPSA) is 119 Å². The van der Waals surface area contributed by atoms with Gasteiger partial charge in [-0.15, -0.1) is 0 Å². The van der Waals surface area contributed by atoms with Crippen molar-refractivity contribution < 1.29 is 17.9 Å². The molecule has 3 rings (SSSR count). The first-order valence-electron chi connectivity index (χ1n) is 10.3. The van der Waals surface area contributed by atoms with Gasteiger partial charge in [0.25, 0.3) is 5.56 Å². The molecule has 9 nitrogen and oxygen atoms in total. The quantitative estimate of drug-likeness (QED) is 0.588. The summed E-state index contributed by atoms with van der Waals surface area (Å²) in [5.74, 6) is 0. The Morgan fingerprint density at radius 1 is 1.09 bits per heavy atom. The van der Waals surface area contributed by atoms with Crippen LogP contribution in [0.4, 0.5) is 10.5 Å². The zero-order valence-corrected chi connectivity index (χ0v) is 20.3. The van der Waals surface area contributed by atoms with Crippen LogP contribution in [0.25, 0.3) is 10.8 Å². The van der Waals surface area contributed by atoms with Crippen molar-refractivity contribution in [1.82, 2.24) is 14.5 Å². The second kappa shape index (κ2) is 8.86. The molecule has 1 amide bonds. The fraction of sp³-hybridized carbons (Fsp3) is 0.348. The molecule has 0 aliphatic heterocycles. The monoisotopic (exact) mass is 472 g/mol. The SMILES string of the molecule is Cc1cc2c(Cc3cccc(NS(=O)(=O)NC(=O)OC(C)(C)C)c3)nn(C)c(=O)c2cc1C. The van der Waals surface area contributed by atoms with Crippen molar-refractivity contribution in [2.45, 2.75) is 46.6 Å². The number of fused-ring (bicyclic) bond motifs is 1. The van der Waals surface area contributed by atoms with Gasteiger partial charge in [-0.3, -0.25) is 9.52 Å². The molecular formula is C23H28N4O5S. The van der Waals surface area contributed by atoms with Gasteiger partial charge in [-0.1, -0.05) is 12.1 Å². The molecule has 1 heterocycles. The molecule has 0 saturated carbocycles. The highest BCUT2D eigenvalue weighted by Gasteiger charge is 2.21. The van der Waals surface area contributed by atoms with E-state index in [1.165, 1.54) is 4.68 Å². The molecule has 2 N–H and O–H groups in total. The molecule has 2 aromatic carbocycles. The van der Waals surface area contributed by atoms with Crippen molar-refractivity contribution in [3.63, 3.8) is 0 Å². The summed E-state index contributed by atoms with van der Waals surface area (Å²) in [6.45, 7) is 8.83. The van der Waals surface area contributed by atoms with E-state index < -0.39 is 21.9 Å². The average Bonchev–Trinajstić information content (AvgIpc) is 2.65. The number of hydrogen-bond donors (Lipinski definition) is 2. The zero-order chi connectivity index (χ0) is 24.6. The minimum atomic E-state index is -4.19. The number of nitrogens with zero attached hydrogens (tertiary/aromatic N) is 2. The Hall–Kier alpha value is -3.40. The number of aryl methyl sites for hydroxylation is 3. The third-order valence-electron chi connectivity index (χ3n) is 4.91. The highest BCUT2D eigenvalue weighted by atomic mass is 32.2. The number of hydrogen-bond acceptors (Lipinski definition) is 6. The highest BCUT2D eigenvalue weighted by Crippen LogP contribution is 2.22. The molecule has 1 aromatic heterocycles. The third kappa shape index (κ3) is 6.10. The van der Waals surface area contributed by atoms with Gasteiger partial charge < -0.3 is 4.74 Å². The molecular weight excluding hydrogens is 444 g/mol. The molecule has 0 fully saturated rings. The third-order valence-corrected chi connectivity index (χ3v) is 5.85. The van der Waals surface area contributed by atoms with Crippen LogP contribution in [0.2, 0.25) is 0 Å². The maximum absolute atomic E-state index is 12.6. The Kier molecular flexibility index (Phi) is 6.51. The molecule has 0 unspecified atom stereocenters. The first kappa shape index (κ1) is 24.2. The minimum absolute atomic E-state index is 0.174. The first-order valence-corrected chi connectivity index (χ1v) is 11.8. The van der Waals surface area contributed by atoms with E-state index in [-0.39, 0.29) is 11.2 Å². The standard InChI is InChI=1S/C23H28N4O5S/c1-14-10-18-19(11-15(14)2)21(28)27(6)24-20(18)13-16-8-7-9-17(12-16)25-33(30,31)26-22(29)32-23(3,4)5/h7-12,25H,13H2,1-6H3,(H,26,29). The van der Waals surface area contributed by atoms with E-state index in [1.807, 2.05) is 36.8 Å². The van der Waals surface area contributed by atoms with Crippen LogP contribution in [0.5, 0.6) is 0 Å². The van der Waals surface area contributed by atoms with E-state index in [0.29, 0.717) is 17.5 Å². The number of benzene rings is 2. The molecule has 0 radical (unpaired) electrons. The van der Waals surface area contributed by atoms with Gasteiger partial charge >= 0.3 is 16.3 Å². The first-order chi connectivity index (χ1) is 15.2. The smallest absolute Gasteiger partial charge is 0.422 e. The van der Waals surface area contributed by atoms with Gasteiger partial charge in [0.05, 0.1) is 16.8 Å². The molecule has 0 aliphatic rings. The predicted molar refractivity (Wildman–Crippen MR) is 128 cm³/mol. The van der Waals surface area contributed by atoms with Crippen molar-refractivity contribution in [2.75, 3.05) is 4.72 Å². The molecule has 33 heavy (non-hydrogen) atoms. The van der Waals surface area contributed by atoms with Crippen LogP contribution < -0.4 is 15.0 Å². The molecule has 0 atom stereocenters. The van der Waals surface area contributed by atoms with Gasteiger partial charge in [0, 0.05) is 18.9 Å². The summed E-state index contributed by atoms with van der Waals surface area (Å²) in [4.78, 5) is 24.4. The highest BCUT2D eigenvalue weighted by molar-refractivity contribution is 7.91. The lowest BCUT2D eigenvalue weighted by Crippen LogP contribution is -2.39. The van der Waals surface area contributed by atoms with Crippen molar-refractivity contribution in [3.05, 3.63) is 69.1 Å². The number of aromatic nitrogens is 2. The number of carbonyl (C=O) groups excluding carboxylic acids is 1. The van der Waals surface area contributed by atoms with E-state index in [9.17, 15) is 18.0 Å². The van der Waals surface area contributed by atoms with Crippen LogP contribution in [0.1, 0.15) is 43.2 Å². The van der Waals surface area contributed by atoms with Gasteiger partial charge in [0.2, 0.25) is 0 Å². The summed E-state index contributed by atoms with van der Waals surface area (Å²) in [5.41, 5.74) is 2.80. The summed E-state index contributed by atoms with van der Waals surface area (Å²) < 4.78 is 35.1. The lowest BCUT2D eigenvalue weighted by molar-refractivity contribution is 0.0570. The second-order valence-corrected chi connectivity index (χ2v) is 10.4. The molecule has 0 spiro atoms. The number of nitrogens with one attached hydrogen (secondary N) is 2. The van der Waals surface area contributed by atoms with E-state index in [4.69, 9.17) is 4.74 Å². The van der Waals surface area contributed by atoms with Gasteiger partial charge in [0.1, 0.15) is 5.60 Å². The Morgan fingerprint density at radius 2 is 1.73 bits per heavy atom. The number of amides is 1. The molecule has 176 valence electrons. The summed E-state index contributed by atoms with van der Waals surface area (Å²) in [7, 11) is -2.58. The Bertz CT molecular complexity index is 1390. The van der Waals surface area contributed by atoms with Gasteiger partial charge in [0.15, 0.2) is 0 Å². The summed E-state index contributed by atoms with van der Waals surface area (Å²) >= 11 is 0. The maximum atomic E-state index is 12.6. The van der Waals surface area contributed by atoms with Gasteiger partial charge in [-0.25, -0.2) is 14.2 Å². The normalized spacial score (nSPS) is 11.9. The number of anilines is 1. The Labute approximate surface area is 193 Å². The fourth-order valence-electron chi connectivity index (χ4n) is 3.34. The lowest BCUT2D eigenvalue weighted by Gasteiger charge is -2.19. The fourth-order valence-corrected chi connectivity index (χ4v) is 4.09. The maximum Gasteiger partial charge on any atom is 0.422 e. The summed E-state index contributed by atoms with van der Waals surface area (Å²) in [6.07, 6.45) is -0.694. The average molecular weight is 473 g/mol. The van der Waals surface area contributed by atoms with E-state index in [2.05, 4.69) is 9.82 Å². The van der Waals surface area contributed by atoms with Crippen LogP contribution >= 0.6 is 0 Å². The second-order valence-electron chi connectivity index (χ2n) is 8.94. The Morgan fingerprint density at radius 3 is 2.36 bits per heavy atom. The molecule has 3 aromatic rings. The summed E-state index contributed by atoms with van der Waals surface area (Å²) in [5, 5.41) is 5.79. The Balaban J connectivity index is 1.87. The van der Waals surface area contributed by atoms with Crippen molar-refractivity contribution in [2.24, 2.45) is 7.05 Å². The van der Waals surface area contributed by atoms with Crippen molar-refractivity contribution in [1.29, 1.82) is 0 Å². The number of carbonyl (C=O) groups is 1. The minimum Gasteiger partial charge on any atom is -0.443 e. The molecule has 0 saturated heterocycles. The molecule has 0 aliphatic carbocycles.